The summed E-state index contributed by atoms with van der Waals surface area (Å²) >= 11 is 23.8. The lowest BCUT2D eigenvalue weighted by molar-refractivity contribution is -0.155. The predicted molar refractivity (Wildman–Crippen MR) is 87.7 cm³/mol. The Morgan fingerprint density at radius 1 is 0.913 bits per heavy atom. The number of esters is 1. The third-order valence-electron chi connectivity index (χ3n) is 2.89. The largest absolute Gasteiger partial charge is 0.459 e. The Hall–Kier alpha value is -1.01. The van der Waals surface area contributed by atoms with Crippen molar-refractivity contribution >= 4 is 64.2 Å². The normalized spacial score (nSPS) is 14.3. The number of hydrogen-bond acceptors (Lipinski definition) is 4. The van der Waals surface area contributed by atoms with Gasteiger partial charge in [-0.2, -0.15) is 0 Å². The summed E-state index contributed by atoms with van der Waals surface area (Å²) in [6, 6.07) is 0. The van der Waals surface area contributed by atoms with Crippen molar-refractivity contribution in [2.45, 2.75) is 26.4 Å². The molecule has 0 saturated heterocycles. The average Bonchev–Trinajstić information content (AvgIpc) is 2.65. The second kappa shape index (κ2) is 6.13. The SMILES string of the molecule is CC(C)(C)OC(=O)CN1C(=O)c2c(Cl)c(Cl)c(Cl)c(Cl)c2C1=O. The molecule has 0 radical (unpaired) electrons. The summed E-state index contributed by atoms with van der Waals surface area (Å²) in [5.74, 6) is -2.29. The lowest BCUT2D eigenvalue weighted by Gasteiger charge is -2.21. The van der Waals surface area contributed by atoms with E-state index in [4.69, 9.17) is 51.1 Å². The van der Waals surface area contributed by atoms with E-state index in [9.17, 15) is 14.4 Å². The maximum absolute atomic E-state index is 12.4. The zero-order chi connectivity index (χ0) is 17.7. The molecule has 1 aliphatic rings. The van der Waals surface area contributed by atoms with Gasteiger partial charge in [0.25, 0.3) is 11.8 Å². The Morgan fingerprint density at radius 2 is 1.30 bits per heavy atom. The van der Waals surface area contributed by atoms with E-state index < -0.39 is 29.9 Å². The van der Waals surface area contributed by atoms with Gasteiger partial charge >= 0.3 is 5.97 Å². The molecule has 23 heavy (non-hydrogen) atoms. The summed E-state index contributed by atoms with van der Waals surface area (Å²) in [6.45, 7) is 4.44. The van der Waals surface area contributed by atoms with Crippen LogP contribution in [0.3, 0.4) is 0 Å². The highest BCUT2D eigenvalue weighted by molar-refractivity contribution is 6.55. The van der Waals surface area contributed by atoms with Gasteiger partial charge in [-0.1, -0.05) is 46.4 Å². The van der Waals surface area contributed by atoms with Crippen LogP contribution in [0.5, 0.6) is 0 Å². The molecule has 0 aliphatic carbocycles. The number of carbonyl (C=O) groups excluding carboxylic acids is 3. The fourth-order valence-corrected chi connectivity index (χ4v) is 3.06. The molecule has 5 nitrogen and oxygen atoms in total. The Morgan fingerprint density at radius 3 is 1.65 bits per heavy atom. The van der Waals surface area contributed by atoms with Crippen LogP contribution in [0.2, 0.25) is 20.1 Å². The fraction of sp³-hybridized carbons (Fsp3) is 0.357. The van der Waals surface area contributed by atoms with Crippen LogP contribution in [-0.4, -0.2) is 34.8 Å². The number of carbonyl (C=O) groups is 3. The summed E-state index contributed by atoms with van der Waals surface area (Å²) in [5.41, 5.74) is -1.09. The third-order valence-corrected chi connectivity index (χ3v) is 4.69. The first-order chi connectivity index (χ1) is 10.5. The molecule has 0 saturated carbocycles. The van der Waals surface area contributed by atoms with Crippen molar-refractivity contribution in [1.29, 1.82) is 0 Å². The van der Waals surface area contributed by atoms with Crippen LogP contribution in [0.15, 0.2) is 0 Å². The van der Waals surface area contributed by atoms with Gasteiger partial charge in [-0.15, -0.1) is 0 Å². The van der Waals surface area contributed by atoms with Gasteiger partial charge in [0.1, 0.15) is 12.1 Å². The number of amides is 2. The molecule has 0 spiro atoms. The summed E-state index contributed by atoms with van der Waals surface area (Å²) in [7, 11) is 0. The van der Waals surface area contributed by atoms with Crippen molar-refractivity contribution in [3.63, 3.8) is 0 Å². The third kappa shape index (κ3) is 3.29. The monoisotopic (exact) mass is 397 g/mol. The summed E-state index contributed by atoms with van der Waals surface area (Å²) in [6.07, 6.45) is 0. The van der Waals surface area contributed by atoms with Gasteiger partial charge in [0.2, 0.25) is 0 Å². The first-order valence-electron chi connectivity index (χ1n) is 6.39. The van der Waals surface area contributed by atoms with Gasteiger partial charge in [-0.3, -0.25) is 19.3 Å². The van der Waals surface area contributed by atoms with Crippen LogP contribution in [0.1, 0.15) is 41.5 Å². The van der Waals surface area contributed by atoms with E-state index in [0.29, 0.717) is 4.90 Å². The van der Waals surface area contributed by atoms with Gasteiger partial charge in [0.05, 0.1) is 31.2 Å². The van der Waals surface area contributed by atoms with Gasteiger partial charge in [0.15, 0.2) is 0 Å². The van der Waals surface area contributed by atoms with Crippen molar-refractivity contribution in [3.05, 3.63) is 31.2 Å². The molecule has 1 heterocycles. The second-order valence-electron chi connectivity index (χ2n) is 5.79. The number of imide groups is 1. The molecule has 0 fully saturated rings. The lowest BCUT2D eigenvalue weighted by atomic mass is 10.1. The van der Waals surface area contributed by atoms with E-state index >= 15 is 0 Å². The topological polar surface area (TPSA) is 63.7 Å². The van der Waals surface area contributed by atoms with E-state index in [0.717, 1.165) is 0 Å². The standard InChI is InChI=1S/C14H11Cl4NO4/c1-14(2,3)23-5(20)4-19-12(21)6-7(13(19)22)9(16)11(18)10(17)8(6)15/h4H2,1-3H3. The first-order valence-corrected chi connectivity index (χ1v) is 7.91. The summed E-state index contributed by atoms with van der Waals surface area (Å²) in [5, 5.41) is -0.614. The molecule has 1 aromatic rings. The minimum absolute atomic E-state index is 0.127. The predicted octanol–water partition coefficient (Wildman–Crippen LogP) is 4.24. The molecule has 0 unspecified atom stereocenters. The van der Waals surface area contributed by atoms with Crippen molar-refractivity contribution in [3.8, 4) is 0 Å². The van der Waals surface area contributed by atoms with E-state index in [2.05, 4.69) is 0 Å². The Kier molecular flexibility index (Phi) is 4.89. The molecule has 0 bridgehead atoms. The molecule has 1 aliphatic heterocycles. The summed E-state index contributed by atoms with van der Waals surface area (Å²) < 4.78 is 5.10. The van der Waals surface area contributed by atoms with Gasteiger partial charge in [-0.25, -0.2) is 0 Å². The first kappa shape index (κ1) is 18.3. The quantitative estimate of drug-likeness (QED) is 0.323. The van der Waals surface area contributed by atoms with Crippen LogP contribution in [0, 0.1) is 0 Å². The minimum atomic E-state index is -0.777. The van der Waals surface area contributed by atoms with E-state index in [1.807, 2.05) is 0 Å². The van der Waals surface area contributed by atoms with Crippen molar-refractivity contribution in [1.82, 2.24) is 4.90 Å². The average molecular weight is 399 g/mol. The Bertz CT molecular complexity index is 693. The second-order valence-corrected chi connectivity index (χ2v) is 7.30. The van der Waals surface area contributed by atoms with Crippen LogP contribution in [-0.2, 0) is 9.53 Å². The van der Waals surface area contributed by atoms with Crippen LogP contribution < -0.4 is 0 Å². The highest BCUT2D eigenvalue weighted by atomic mass is 35.5. The molecule has 9 heteroatoms. The number of halogens is 4. The number of benzene rings is 1. The molecule has 0 aromatic heterocycles. The number of nitrogens with zero attached hydrogens (tertiary/aromatic N) is 1. The Labute approximate surface area is 152 Å². The maximum Gasteiger partial charge on any atom is 0.326 e. The van der Waals surface area contributed by atoms with Gasteiger partial charge < -0.3 is 4.74 Å². The van der Waals surface area contributed by atoms with Crippen LogP contribution >= 0.6 is 46.4 Å². The van der Waals surface area contributed by atoms with Crippen LogP contribution in [0.25, 0.3) is 0 Å². The zero-order valence-electron chi connectivity index (χ0n) is 12.3. The Balaban J connectivity index is 2.41. The van der Waals surface area contributed by atoms with E-state index in [1.54, 1.807) is 20.8 Å². The zero-order valence-corrected chi connectivity index (χ0v) is 15.3. The fourth-order valence-electron chi connectivity index (χ4n) is 2.04. The summed E-state index contributed by atoms with van der Waals surface area (Å²) in [4.78, 5) is 37.4. The molecule has 0 N–H and O–H groups in total. The van der Waals surface area contributed by atoms with E-state index in [-0.39, 0.29) is 31.2 Å². The minimum Gasteiger partial charge on any atom is -0.459 e. The highest BCUT2D eigenvalue weighted by Crippen LogP contribution is 2.44. The number of hydrogen-bond donors (Lipinski definition) is 0. The van der Waals surface area contributed by atoms with Crippen molar-refractivity contribution < 1.29 is 19.1 Å². The molecular weight excluding hydrogens is 388 g/mol. The van der Waals surface area contributed by atoms with Crippen LogP contribution in [0.4, 0.5) is 0 Å². The smallest absolute Gasteiger partial charge is 0.326 e. The molecule has 124 valence electrons. The molecule has 0 atom stereocenters. The van der Waals surface area contributed by atoms with Crippen molar-refractivity contribution in [2.24, 2.45) is 0 Å². The van der Waals surface area contributed by atoms with Gasteiger partial charge in [0, 0.05) is 0 Å². The number of rotatable bonds is 2. The molecule has 1 aromatic carbocycles. The number of fused-ring (bicyclic) bond motifs is 1. The van der Waals surface area contributed by atoms with Crippen molar-refractivity contribution in [2.75, 3.05) is 6.54 Å². The lowest BCUT2D eigenvalue weighted by Crippen LogP contribution is -2.38. The highest BCUT2D eigenvalue weighted by Gasteiger charge is 2.42. The molecule has 2 amide bonds. The van der Waals surface area contributed by atoms with E-state index in [1.165, 1.54) is 0 Å². The number of ether oxygens (including phenoxy) is 1. The molecule has 2 rings (SSSR count). The van der Waals surface area contributed by atoms with Gasteiger partial charge in [-0.05, 0) is 20.8 Å². The molecular formula is C14H11Cl4NO4. The maximum atomic E-state index is 12.4.